The van der Waals surface area contributed by atoms with E-state index in [2.05, 4.69) is 5.16 Å². The first-order chi connectivity index (χ1) is 8.29. The van der Waals surface area contributed by atoms with Gasteiger partial charge in [0.25, 0.3) is 0 Å². The minimum atomic E-state index is 0.299. The zero-order valence-electron chi connectivity index (χ0n) is 9.21. The molecule has 17 heavy (non-hydrogen) atoms. The lowest BCUT2D eigenvalue weighted by Gasteiger charge is -1.93. The first kappa shape index (κ1) is 9.67. The third-order valence-electron chi connectivity index (χ3n) is 2.79. The molecular formula is C13H9N3O. The Bertz CT molecular complexity index is 731. The molecule has 4 heteroatoms. The molecule has 2 heterocycles. The fourth-order valence-electron chi connectivity index (χ4n) is 1.99. The van der Waals surface area contributed by atoms with Crippen LogP contribution in [0.25, 0.3) is 22.2 Å². The number of fused-ring (bicyclic) bond motifs is 1. The molecule has 0 atom stereocenters. The van der Waals surface area contributed by atoms with Gasteiger partial charge in [0, 0.05) is 35.8 Å². The van der Waals surface area contributed by atoms with E-state index in [9.17, 15) is 0 Å². The molecule has 0 radical (unpaired) electrons. The van der Waals surface area contributed by atoms with Crippen molar-refractivity contribution in [1.82, 2.24) is 9.72 Å². The number of para-hydroxylation sites is 1. The molecule has 0 unspecified atom stereocenters. The first-order valence-electron chi connectivity index (χ1n) is 5.21. The van der Waals surface area contributed by atoms with Crippen LogP contribution < -0.4 is 0 Å². The van der Waals surface area contributed by atoms with E-state index in [4.69, 9.17) is 9.78 Å². The van der Waals surface area contributed by atoms with Gasteiger partial charge in [-0.05, 0) is 6.07 Å². The van der Waals surface area contributed by atoms with Gasteiger partial charge in [0.15, 0.2) is 11.5 Å². The van der Waals surface area contributed by atoms with Gasteiger partial charge >= 0.3 is 0 Å². The lowest BCUT2D eigenvalue weighted by atomic mass is 10.1. The van der Waals surface area contributed by atoms with E-state index in [1.807, 2.05) is 48.1 Å². The molecular weight excluding hydrogens is 214 g/mol. The maximum Gasteiger partial charge on any atom is 0.184 e. The topological polar surface area (TPSA) is 54.8 Å². The molecule has 1 aromatic carbocycles. The minimum Gasteiger partial charge on any atom is -0.355 e. The average molecular weight is 223 g/mol. The Balaban J connectivity index is 2.27. The van der Waals surface area contributed by atoms with Crippen LogP contribution >= 0.6 is 0 Å². The molecule has 0 saturated carbocycles. The summed E-state index contributed by atoms with van der Waals surface area (Å²) in [5, 5.41) is 13.5. The van der Waals surface area contributed by atoms with Crippen LogP contribution in [-0.2, 0) is 7.05 Å². The van der Waals surface area contributed by atoms with Crippen molar-refractivity contribution in [2.75, 3.05) is 0 Å². The molecule has 0 fully saturated rings. The van der Waals surface area contributed by atoms with Crippen molar-refractivity contribution in [3.63, 3.8) is 0 Å². The van der Waals surface area contributed by atoms with Crippen molar-refractivity contribution in [2.24, 2.45) is 7.05 Å². The van der Waals surface area contributed by atoms with E-state index in [0.717, 1.165) is 16.5 Å². The molecule has 0 aliphatic carbocycles. The van der Waals surface area contributed by atoms with Crippen LogP contribution in [0.1, 0.15) is 5.69 Å². The molecule has 0 N–H and O–H groups in total. The van der Waals surface area contributed by atoms with Gasteiger partial charge in [-0.25, -0.2) is 0 Å². The third kappa shape index (κ3) is 1.41. The van der Waals surface area contributed by atoms with Gasteiger partial charge in [-0.3, -0.25) is 0 Å². The zero-order valence-corrected chi connectivity index (χ0v) is 9.21. The summed E-state index contributed by atoms with van der Waals surface area (Å²) in [6, 6.07) is 11.7. The molecule has 82 valence electrons. The molecule has 0 aliphatic heterocycles. The molecule has 3 rings (SSSR count). The van der Waals surface area contributed by atoms with Gasteiger partial charge < -0.3 is 9.09 Å². The Morgan fingerprint density at radius 3 is 2.94 bits per heavy atom. The van der Waals surface area contributed by atoms with Gasteiger partial charge in [0.2, 0.25) is 0 Å². The Hall–Kier alpha value is -2.54. The Morgan fingerprint density at radius 1 is 1.35 bits per heavy atom. The largest absolute Gasteiger partial charge is 0.355 e. The van der Waals surface area contributed by atoms with E-state index >= 15 is 0 Å². The van der Waals surface area contributed by atoms with Gasteiger partial charge in [0.1, 0.15) is 6.07 Å². The highest BCUT2D eigenvalue weighted by atomic mass is 16.5. The summed E-state index contributed by atoms with van der Waals surface area (Å²) in [7, 11) is 1.98. The summed E-state index contributed by atoms with van der Waals surface area (Å²) in [4.78, 5) is 0. The van der Waals surface area contributed by atoms with Crippen LogP contribution in [0, 0.1) is 11.3 Å². The van der Waals surface area contributed by atoms with Gasteiger partial charge in [-0.15, -0.1) is 0 Å². The average Bonchev–Trinajstić information content (AvgIpc) is 2.95. The van der Waals surface area contributed by atoms with Gasteiger partial charge in [-0.1, -0.05) is 23.4 Å². The fraction of sp³-hybridized carbons (Fsp3) is 0.0769. The number of benzene rings is 1. The second-order valence-electron chi connectivity index (χ2n) is 3.86. The number of hydrogen-bond acceptors (Lipinski definition) is 3. The number of aromatic nitrogens is 2. The summed E-state index contributed by atoms with van der Waals surface area (Å²) in [6.45, 7) is 0. The minimum absolute atomic E-state index is 0.299. The van der Waals surface area contributed by atoms with Crippen LogP contribution in [0.4, 0.5) is 0 Å². The summed E-state index contributed by atoms with van der Waals surface area (Å²) in [5.41, 5.74) is 2.38. The monoisotopic (exact) mass is 223 g/mol. The standard InChI is InChI=1S/C13H9N3O/c1-16-8-11(10-4-2-3-5-12(10)16)13-6-9(7-14)15-17-13/h2-6,8H,1H3. The van der Waals surface area contributed by atoms with E-state index in [1.54, 1.807) is 6.07 Å². The number of nitrogens with zero attached hydrogens (tertiary/aromatic N) is 3. The molecule has 4 nitrogen and oxygen atoms in total. The fourth-order valence-corrected chi connectivity index (χ4v) is 1.99. The number of hydrogen-bond donors (Lipinski definition) is 0. The SMILES string of the molecule is Cn1cc(-c2cc(C#N)no2)c2ccccc21. The van der Waals surface area contributed by atoms with Gasteiger partial charge in [-0.2, -0.15) is 5.26 Å². The Morgan fingerprint density at radius 2 is 2.18 bits per heavy atom. The maximum absolute atomic E-state index is 8.74. The highest BCUT2D eigenvalue weighted by molar-refractivity contribution is 5.94. The summed E-state index contributed by atoms with van der Waals surface area (Å²) < 4.78 is 7.20. The normalized spacial score (nSPS) is 10.6. The van der Waals surface area contributed by atoms with Crippen molar-refractivity contribution >= 4 is 10.9 Å². The Labute approximate surface area is 97.7 Å². The van der Waals surface area contributed by atoms with Crippen LogP contribution in [0.3, 0.4) is 0 Å². The highest BCUT2D eigenvalue weighted by Gasteiger charge is 2.12. The lowest BCUT2D eigenvalue weighted by Crippen LogP contribution is -1.81. The van der Waals surface area contributed by atoms with Crippen molar-refractivity contribution in [3.05, 3.63) is 42.2 Å². The van der Waals surface area contributed by atoms with E-state index in [1.165, 1.54) is 0 Å². The molecule has 0 aliphatic rings. The van der Waals surface area contributed by atoms with E-state index in [0.29, 0.717) is 11.5 Å². The van der Waals surface area contributed by atoms with Crippen LogP contribution in [0.15, 0.2) is 41.1 Å². The van der Waals surface area contributed by atoms with Crippen molar-refractivity contribution < 1.29 is 4.52 Å². The number of nitriles is 1. The summed E-state index contributed by atoms with van der Waals surface area (Å²) in [6.07, 6.45) is 1.98. The second kappa shape index (κ2) is 3.49. The Kier molecular flexibility index (Phi) is 1.99. The van der Waals surface area contributed by atoms with Crippen LogP contribution in [-0.4, -0.2) is 9.72 Å². The predicted octanol–water partition coefficient (Wildman–Crippen LogP) is 2.70. The van der Waals surface area contributed by atoms with E-state index < -0.39 is 0 Å². The highest BCUT2D eigenvalue weighted by Crippen LogP contribution is 2.30. The quantitative estimate of drug-likeness (QED) is 0.637. The molecule has 0 amide bonds. The van der Waals surface area contributed by atoms with Crippen LogP contribution in [0.5, 0.6) is 0 Å². The van der Waals surface area contributed by atoms with Crippen molar-refractivity contribution in [2.45, 2.75) is 0 Å². The molecule has 0 bridgehead atoms. The van der Waals surface area contributed by atoms with Gasteiger partial charge in [0.05, 0.1) is 0 Å². The summed E-state index contributed by atoms with van der Waals surface area (Å²) >= 11 is 0. The second-order valence-corrected chi connectivity index (χ2v) is 3.86. The smallest absolute Gasteiger partial charge is 0.184 e. The zero-order chi connectivity index (χ0) is 11.8. The van der Waals surface area contributed by atoms with Crippen molar-refractivity contribution in [3.8, 4) is 17.4 Å². The molecule has 2 aromatic heterocycles. The number of aryl methyl sites for hydroxylation is 1. The molecule has 0 saturated heterocycles. The predicted molar refractivity (Wildman–Crippen MR) is 63.1 cm³/mol. The lowest BCUT2D eigenvalue weighted by molar-refractivity contribution is 0.430. The maximum atomic E-state index is 8.74. The van der Waals surface area contributed by atoms with Crippen molar-refractivity contribution in [1.29, 1.82) is 5.26 Å². The van der Waals surface area contributed by atoms with Crippen LogP contribution in [0.2, 0.25) is 0 Å². The molecule has 0 spiro atoms. The number of rotatable bonds is 1. The summed E-state index contributed by atoms with van der Waals surface area (Å²) in [5.74, 6) is 0.623. The molecule has 3 aromatic rings. The first-order valence-corrected chi connectivity index (χ1v) is 5.21. The third-order valence-corrected chi connectivity index (χ3v) is 2.79. The van der Waals surface area contributed by atoms with E-state index in [-0.39, 0.29) is 0 Å².